The average Bonchev–Trinajstić information content (AvgIpc) is 3.46. The van der Waals surface area contributed by atoms with Gasteiger partial charge in [-0.25, -0.2) is 18.8 Å². The number of likely N-dealkylation sites (N-methyl/N-ethyl adjacent to an activating group) is 1. The van der Waals surface area contributed by atoms with Gasteiger partial charge in [0.05, 0.1) is 30.5 Å². The molecule has 46 heavy (non-hydrogen) atoms. The maximum Gasteiger partial charge on any atom is 0.416 e. The Morgan fingerprint density at radius 3 is 1.96 bits per heavy atom. The molecule has 2 aromatic rings. The van der Waals surface area contributed by atoms with Crippen LogP contribution in [0.2, 0.25) is 0 Å². The summed E-state index contributed by atoms with van der Waals surface area (Å²) in [6.07, 6.45) is -7.47. The van der Waals surface area contributed by atoms with Crippen molar-refractivity contribution < 1.29 is 49.9 Å². The monoisotopic (exact) mass is 662 g/mol. The molecular weight excluding hydrogens is 629 g/mol. The molecule has 1 saturated heterocycles. The van der Waals surface area contributed by atoms with Crippen molar-refractivity contribution in [3.8, 4) is 0 Å². The number of halogens is 7. The fourth-order valence-electron chi connectivity index (χ4n) is 5.74. The molecule has 0 radical (unpaired) electrons. The molecule has 1 aliphatic carbocycles. The zero-order valence-corrected chi connectivity index (χ0v) is 25.1. The summed E-state index contributed by atoms with van der Waals surface area (Å²) in [6.45, 7) is -0.0151. The second-order valence-electron chi connectivity index (χ2n) is 11.3. The van der Waals surface area contributed by atoms with E-state index in [1.807, 2.05) is 0 Å². The van der Waals surface area contributed by atoms with Gasteiger partial charge in [-0.3, -0.25) is 9.88 Å². The number of alkyl carbamates (subject to hydrolysis) is 1. The summed E-state index contributed by atoms with van der Waals surface area (Å²) in [5, 5.41) is 5.67. The zero-order valence-electron chi connectivity index (χ0n) is 25.1. The van der Waals surface area contributed by atoms with Gasteiger partial charge in [0, 0.05) is 56.6 Å². The largest absolute Gasteiger partial charge is 0.453 e. The topological polar surface area (TPSA) is 107 Å². The molecule has 2 heterocycles. The van der Waals surface area contributed by atoms with Crippen LogP contribution in [0.4, 0.5) is 50.8 Å². The van der Waals surface area contributed by atoms with Crippen LogP contribution in [0.5, 0.6) is 0 Å². The van der Waals surface area contributed by atoms with E-state index in [0.29, 0.717) is 48.4 Å². The normalized spacial score (nSPS) is 21.8. The summed E-state index contributed by atoms with van der Waals surface area (Å²) in [5.74, 6) is -1.29. The second-order valence-corrected chi connectivity index (χ2v) is 11.3. The number of nitrogens with zero attached hydrogens (tertiary/aromatic N) is 4. The van der Waals surface area contributed by atoms with Gasteiger partial charge >= 0.3 is 30.5 Å². The number of benzene rings is 1. The van der Waals surface area contributed by atoms with Gasteiger partial charge in [0.1, 0.15) is 5.82 Å². The minimum atomic E-state index is -5.11. The van der Waals surface area contributed by atoms with Crippen molar-refractivity contribution in [2.45, 2.75) is 62.1 Å². The average molecular weight is 663 g/mol. The molecule has 0 unspecified atom stereocenters. The molecule has 0 spiro atoms. The highest BCUT2D eigenvalue weighted by molar-refractivity contribution is 5.92. The van der Waals surface area contributed by atoms with Crippen molar-refractivity contribution in [1.29, 1.82) is 0 Å². The molecule has 2 atom stereocenters. The van der Waals surface area contributed by atoms with Crippen molar-refractivity contribution in [3.05, 3.63) is 59.2 Å². The van der Waals surface area contributed by atoms with E-state index >= 15 is 0 Å². The first-order valence-corrected chi connectivity index (χ1v) is 14.3. The molecule has 1 saturated carbocycles. The van der Waals surface area contributed by atoms with Crippen LogP contribution in [0.3, 0.4) is 0 Å². The van der Waals surface area contributed by atoms with Crippen molar-refractivity contribution in [1.82, 2.24) is 25.4 Å². The van der Waals surface area contributed by atoms with Crippen molar-refractivity contribution >= 4 is 23.8 Å². The van der Waals surface area contributed by atoms with Gasteiger partial charge in [-0.05, 0) is 56.0 Å². The highest BCUT2D eigenvalue weighted by Gasteiger charge is 2.43. The minimum Gasteiger partial charge on any atom is -0.453 e. The Bertz CT molecular complexity index is 1380. The van der Waals surface area contributed by atoms with Gasteiger partial charge in [0.25, 0.3) is 0 Å². The number of carbonyl (C=O) groups excluding carboxylic acids is 3. The van der Waals surface area contributed by atoms with Crippen molar-refractivity contribution in [2.75, 3.05) is 39.2 Å². The van der Waals surface area contributed by atoms with Gasteiger partial charge in [0.2, 0.25) is 0 Å². The van der Waals surface area contributed by atoms with Crippen LogP contribution in [-0.4, -0.2) is 85.4 Å². The molecular formula is C29H33F7N6O4. The van der Waals surface area contributed by atoms with Gasteiger partial charge in [0.15, 0.2) is 0 Å². The van der Waals surface area contributed by atoms with E-state index in [2.05, 4.69) is 20.4 Å². The highest BCUT2D eigenvalue weighted by Crippen LogP contribution is 2.39. The van der Waals surface area contributed by atoms with Crippen LogP contribution in [-0.2, 0) is 17.1 Å². The Kier molecular flexibility index (Phi) is 10.2. The van der Waals surface area contributed by atoms with Gasteiger partial charge in [-0.1, -0.05) is 0 Å². The van der Waals surface area contributed by atoms with Gasteiger partial charge in [-0.15, -0.1) is 0 Å². The standard InChI is InChI=1S/C29H33F7N6O4/c1-40(21-11-16(28(31,32)33)10-17(12-21)29(34,35)36)27(45)41(2)24-15-42(14-22(24)23-9-4-18(30)13-37-23)25(43)38-19-5-7-20(8-6-19)39-26(44)46-3/h4,9-13,19-20,22,24H,5-8,14-15H2,1-3H3,(H,38,43)(H,39,44)/t19?,20?,22-,24+/m0/s1. The van der Waals surface area contributed by atoms with Crippen LogP contribution < -0.4 is 15.5 Å². The molecule has 1 aromatic heterocycles. The Morgan fingerprint density at radius 1 is 0.891 bits per heavy atom. The van der Waals surface area contributed by atoms with Crippen LogP contribution >= 0.6 is 0 Å². The summed E-state index contributed by atoms with van der Waals surface area (Å²) >= 11 is 0. The van der Waals surface area contributed by atoms with E-state index in [4.69, 9.17) is 0 Å². The number of hydrogen-bond acceptors (Lipinski definition) is 5. The molecule has 5 amide bonds. The van der Waals surface area contributed by atoms with Crippen LogP contribution in [0, 0.1) is 5.82 Å². The van der Waals surface area contributed by atoms with E-state index < -0.39 is 65.1 Å². The summed E-state index contributed by atoms with van der Waals surface area (Å²) in [4.78, 5) is 45.7. The number of alkyl halides is 6. The number of hydrogen-bond donors (Lipinski definition) is 2. The third-order valence-electron chi connectivity index (χ3n) is 8.31. The number of carbonyl (C=O) groups is 3. The molecule has 252 valence electrons. The number of rotatable bonds is 5. The minimum absolute atomic E-state index is 0.0304. The maximum absolute atomic E-state index is 13.7. The predicted octanol–water partition coefficient (Wildman–Crippen LogP) is 5.59. The van der Waals surface area contributed by atoms with Crippen molar-refractivity contribution in [2.24, 2.45) is 0 Å². The Balaban J connectivity index is 1.53. The second kappa shape index (κ2) is 13.6. The molecule has 0 bridgehead atoms. The lowest BCUT2D eigenvalue weighted by atomic mass is 9.91. The Morgan fingerprint density at radius 2 is 1.46 bits per heavy atom. The molecule has 2 fully saturated rings. The number of methoxy groups -OCH3 is 1. The first-order valence-electron chi connectivity index (χ1n) is 14.3. The molecule has 2 aliphatic rings. The first-order chi connectivity index (χ1) is 21.5. The van der Waals surface area contributed by atoms with Crippen LogP contribution in [0.1, 0.15) is 48.4 Å². The third-order valence-corrected chi connectivity index (χ3v) is 8.31. The molecule has 17 heteroatoms. The molecule has 1 aliphatic heterocycles. The summed E-state index contributed by atoms with van der Waals surface area (Å²) in [5.41, 5.74) is -3.46. The maximum atomic E-state index is 13.7. The smallest absolute Gasteiger partial charge is 0.416 e. The number of nitrogens with one attached hydrogen (secondary N) is 2. The Hall–Kier alpha value is -4.31. The van der Waals surface area contributed by atoms with E-state index in [1.165, 1.54) is 25.1 Å². The van der Waals surface area contributed by atoms with E-state index in [9.17, 15) is 45.1 Å². The lowest BCUT2D eigenvalue weighted by Gasteiger charge is -2.33. The first kappa shape index (κ1) is 34.6. The quantitative estimate of drug-likeness (QED) is 0.406. The fourth-order valence-corrected chi connectivity index (χ4v) is 5.74. The van der Waals surface area contributed by atoms with Gasteiger partial charge in [-0.2, -0.15) is 26.3 Å². The number of urea groups is 2. The van der Waals surface area contributed by atoms with Crippen molar-refractivity contribution in [3.63, 3.8) is 0 Å². The van der Waals surface area contributed by atoms with E-state index in [-0.39, 0.29) is 31.2 Å². The fraction of sp³-hybridized carbons (Fsp3) is 0.517. The number of aromatic nitrogens is 1. The lowest BCUT2D eigenvalue weighted by Crippen LogP contribution is -2.49. The molecule has 2 N–H and O–H groups in total. The number of ether oxygens (including phenoxy) is 1. The third kappa shape index (κ3) is 8.09. The molecule has 4 rings (SSSR count). The SMILES string of the molecule is COC(=O)NC1CCC(NC(=O)N2C[C@@H](N(C)C(=O)N(C)c3cc(C(F)(F)F)cc(C(F)(F)F)c3)[C@H](c3ccc(F)cn3)C2)CC1. The predicted molar refractivity (Wildman–Crippen MR) is 150 cm³/mol. The number of amides is 5. The summed E-state index contributed by atoms with van der Waals surface area (Å²) in [7, 11) is 3.62. The summed E-state index contributed by atoms with van der Waals surface area (Å²) < 4.78 is 99.1. The molecule has 1 aromatic carbocycles. The molecule has 10 nitrogen and oxygen atoms in total. The summed E-state index contributed by atoms with van der Waals surface area (Å²) in [6, 6.07) is 0.860. The lowest BCUT2D eigenvalue weighted by molar-refractivity contribution is -0.143. The number of likely N-dealkylation sites (tertiary alicyclic amines) is 1. The van der Waals surface area contributed by atoms with Crippen LogP contribution in [0.15, 0.2) is 36.5 Å². The van der Waals surface area contributed by atoms with E-state index in [0.717, 1.165) is 24.2 Å². The van der Waals surface area contributed by atoms with Crippen LogP contribution in [0.25, 0.3) is 0 Å². The van der Waals surface area contributed by atoms with Gasteiger partial charge < -0.3 is 25.2 Å². The number of anilines is 1. The highest BCUT2D eigenvalue weighted by atomic mass is 19.4. The van der Waals surface area contributed by atoms with E-state index in [1.54, 1.807) is 0 Å². The zero-order chi connectivity index (χ0) is 34.0. The Labute approximate surface area is 259 Å². The number of pyridine rings is 1.